The second-order valence-corrected chi connectivity index (χ2v) is 9.65. The zero-order valence-electron chi connectivity index (χ0n) is 20.3. The Kier molecular flexibility index (Phi) is 7.40. The van der Waals surface area contributed by atoms with Crippen molar-refractivity contribution in [1.29, 1.82) is 0 Å². The molecule has 3 atom stereocenters. The molecule has 35 heavy (non-hydrogen) atoms. The van der Waals surface area contributed by atoms with E-state index in [-0.39, 0.29) is 37.6 Å². The Morgan fingerprint density at radius 3 is 2.23 bits per heavy atom. The van der Waals surface area contributed by atoms with Gasteiger partial charge in [0.1, 0.15) is 18.6 Å². The highest BCUT2D eigenvalue weighted by molar-refractivity contribution is 5.86. The Morgan fingerprint density at radius 2 is 1.66 bits per heavy atom. The summed E-state index contributed by atoms with van der Waals surface area (Å²) in [6.45, 7) is 4.28. The van der Waals surface area contributed by atoms with E-state index in [1.807, 2.05) is 50.2 Å². The van der Waals surface area contributed by atoms with Crippen LogP contribution in [0.3, 0.4) is 0 Å². The number of likely N-dealkylation sites (N-methyl/N-ethyl adjacent to an activating group) is 1. The number of hydrogen-bond donors (Lipinski definition) is 2. The highest BCUT2D eigenvalue weighted by Crippen LogP contribution is 2.44. The van der Waals surface area contributed by atoms with Crippen molar-refractivity contribution in [3.63, 3.8) is 0 Å². The molecular weight excluding hydrogens is 448 g/mol. The highest BCUT2D eigenvalue weighted by Gasteiger charge is 2.40. The lowest BCUT2D eigenvalue weighted by molar-refractivity contribution is -0.145. The van der Waals surface area contributed by atoms with Crippen LogP contribution in [0.2, 0.25) is 0 Å². The third-order valence-electron chi connectivity index (χ3n) is 6.85. The van der Waals surface area contributed by atoms with Crippen molar-refractivity contribution in [3.05, 3.63) is 59.7 Å². The Bertz CT molecular complexity index is 1060. The van der Waals surface area contributed by atoms with Crippen LogP contribution in [0.25, 0.3) is 11.1 Å². The maximum atomic E-state index is 13.3. The Labute approximate surface area is 205 Å². The number of nitrogens with one attached hydrogen (secondary N) is 1. The van der Waals surface area contributed by atoms with Crippen molar-refractivity contribution >= 4 is 18.0 Å². The molecule has 2 aromatic carbocycles. The van der Waals surface area contributed by atoms with Gasteiger partial charge in [-0.25, -0.2) is 4.79 Å². The van der Waals surface area contributed by atoms with Crippen molar-refractivity contribution in [1.82, 2.24) is 10.2 Å². The lowest BCUT2D eigenvalue weighted by atomic mass is 9.98. The van der Waals surface area contributed by atoms with Gasteiger partial charge in [0, 0.05) is 13.0 Å². The zero-order chi connectivity index (χ0) is 25.1. The topological polar surface area (TPSA) is 105 Å². The van der Waals surface area contributed by atoms with E-state index in [9.17, 15) is 19.5 Å². The predicted octanol–water partition coefficient (Wildman–Crippen LogP) is 3.50. The van der Waals surface area contributed by atoms with Gasteiger partial charge >= 0.3 is 12.1 Å². The minimum Gasteiger partial charge on any atom is -0.481 e. The molecule has 1 aliphatic heterocycles. The van der Waals surface area contributed by atoms with Crippen LogP contribution >= 0.6 is 0 Å². The molecule has 1 fully saturated rings. The molecular formula is C27H32N2O6. The first-order valence-electron chi connectivity index (χ1n) is 12.0. The molecule has 1 heterocycles. The van der Waals surface area contributed by atoms with Crippen molar-refractivity contribution in [2.45, 2.75) is 38.3 Å². The summed E-state index contributed by atoms with van der Waals surface area (Å²) < 4.78 is 10.9. The number of nitrogens with zero attached hydrogens (tertiary/aromatic N) is 1. The van der Waals surface area contributed by atoms with E-state index in [1.54, 1.807) is 7.05 Å². The number of alkyl carbamates (subject to hydrolysis) is 1. The molecule has 2 N–H and O–H groups in total. The van der Waals surface area contributed by atoms with Crippen LogP contribution in [0.1, 0.15) is 37.3 Å². The van der Waals surface area contributed by atoms with Gasteiger partial charge in [-0.15, -0.1) is 0 Å². The molecule has 1 saturated heterocycles. The maximum Gasteiger partial charge on any atom is 0.407 e. The molecule has 2 amide bonds. The number of aliphatic carboxylic acids is 1. The molecule has 4 rings (SSSR count). The van der Waals surface area contributed by atoms with Gasteiger partial charge in [-0.1, -0.05) is 62.4 Å². The van der Waals surface area contributed by atoms with Gasteiger partial charge < -0.3 is 24.8 Å². The van der Waals surface area contributed by atoms with E-state index in [2.05, 4.69) is 17.4 Å². The molecule has 0 saturated carbocycles. The SMILES string of the molecule is CC(C)CC(NC(=O)OCC1c2ccccc2-c2ccccc21)C(=O)N(C)C1COCC1C(=O)O. The van der Waals surface area contributed by atoms with E-state index in [4.69, 9.17) is 9.47 Å². The number of hydrogen-bond acceptors (Lipinski definition) is 5. The lowest BCUT2D eigenvalue weighted by Gasteiger charge is -2.31. The third-order valence-corrected chi connectivity index (χ3v) is 6.85. The number of amides is 2. The van der Waals surface area contributed by atoms with Gasteiger partial charge in [0.15, 0.2) is 0 Å². The van der Waals surface area contributed by atoms with Gasteiger partial charge in [0.2, 0.25) is 5.91 Å². The number of fused-ring (bicyclic) bond motifs is 3. The number of carboxylic acid groups (broad SMARTS) is 1. The van der Waals surface area contributed by atoms with Crippen LogP contribution in [0, 0.1) is 11.8 Å². The minimum absolute atomic E-state index is 0.0618. The molecule has 1 aliphatic carbocycles. The number of benzene rings is 2. The molecule has 2 aliphatic rings. The summed E-state index contributed by atoms with van der Waals surface area (Å²) in [5.74, 6) is -2.10. The molecule has 3 unspecified atom stereocenters. The second-order valence-electron chi connectivity index (χ2n) is 9.65. The van der Waals surface area contributed by atoms with Crippen molar-refractivity contribution in [2.24, 2.45) is 11.8 Å². The highest BCUT2D eigenvalue weighted by atomic mass is 16.5. The molecule has 0 spiro atoms. The standard InChI is InChI=1S/C27H32N2O6/c1-16(2)12-23(25(30)29(3)24-15-34-13-22(24)26(31)32)28-27(33)35-14-21-19-10-6-4-8-17(19)18-9-5-7-11-20(18)21/h4-11,16,21-24H,12-15H2,1-3H3,(H,28,33)(H,31,32). The second kappa shape index (κ2) is 10.5. The van der Waals surface area contributed by atoms with Crippen LogP contribution in [0.15, 0.2) is 48.5 Å². The van der Waals surface area contributed by atoms with Crippen molar-refractivity contribution in [3.8, 4) is 11.1 Å². The van der Waals surface area contributed by atoms with E-state index in [0.29, 0.717) is 6.42 Å². The number of carboxylic acids is 1. The van der Waals surface area contributed by atoms with Crippen molar-refractivity contribution in [2.75, 3.05) is 26.9 Å². The van der Waals surface area contributed by atoms with Crippen LogP contribution < -0.4 is 5.32 Å². The average molecular weight is 481 g/mol. The molecule has 0 radical (unpaired) electrons. The van der Waals surface area contributed by atoms with E-state index < -0.39 is 30.1 Å². The van der Waals surface area contributed by atoms with E-state index >= 15 is 0 Å². The molecule has 186 valence electrons. The fourth-order valence-corrected chi connectivity index (χ4v) is 5.05. The first-order chi connectivity index (χ1) is 16.8. The first-order valence-corrected chi connectivity index (χ1v) is 12.0. The molecule has 8 heteroatoms. The number of carbonyl (C=O) groups excluding carboxylic acids is 2. The van der Waals surface area contributed by atoms with Gasteiger partial charge in [0.05, 0.1) is 19.3 Å². The summed E-state index contributed by atoms with van der Waals surface area (Å²) in [5.41, 5.74) is 4.49. The Morgan fingerprint density at radius 1 is 1.06 bits per heavy atom. The minimum atomic E-state index is -1.00. The summed E-state index contributed by atoms with van der Waals surface area (Å²) in [7, 11) is 1.56. The first kappa shape index (κ1) is 24.7. The summed E-state index contributed by atoms with van der Waals surface area (Å²) in [5, 5.41) is 12.2. The van der Waals surface area contributed by atoms with Crippen LogP contribution in [-0.4, -0.2) is 66.9 Å². The smallest absolute Gasteiger partial charge is 0.407 e. The van der Waals surface area contributed by atoms with Gasteiger partial charge in [-0.3, -0.25) is 9.59 Å². The van der Waals surface area contributed by atoms with Gasteiger partial charge in [-0.05, 0) is 34.6 Å². The van der Waals surface area contributed by atoms with Gasteiger partial charge in [0.25, 0.3) is 0 Å². The fraction of sp³-hybridized carbons (Fsp3) is 0.444. The Balaban J connectivity index is 1.43. The summed E-state index contributed by atoms with van der Waals surface area (Å²) in [6, 6.07) is 14.8. The predicted molar refractivity (Wildman–Crippen MR) is 130 cm³/mol. The fourth-order valence-electron chi connectivity index (χ4n) is 5.05. The maximum absolute atomic E-state index is 13.3. The Hall–Kier alpha value is -3.39. The van der Waals surface area contributed by atoms with Crippen LogP contribution in [-0.2, 0) is 19.1 Å². The molecule has 2 aromatic rings. The lowest BCUT2D eigenvalue weighted by Crippen LogP contribution is -2.53. The van der Waals surface area contributed by atoms with Crippen LogP contribution in [0.5, 0.6) is 0 Å². The third kappa shape index (κ3) is 5.17. The molecule has 0 bridgehead atoms. The average Bonchev–Trinajstić information content (AvgIpc) is 3.45. The molecule has 8 nitrogen and oxygen atoms in total. The summed E-state index contributed by atoms with van der Waals surface area (Å²) in [4.78, 5) is 39.0. The van der Waals surface area contributed by atoms with Crippen LogP contribution in [0.4, 0.5) is 4.79 Å². The largest absolute Gasteiger partial charge is 0.481 e. The quantitative estimate of drug-likeness (QED) is 0.599. The van der Waals surface area contributed by atoms with E-state index in [1.165, 1.54) is 4.90 Å². The summed E-state index contributed by atoms with van der Waals surface area (Å²) >= 11 is 0. The normalized spacial score (nSPS) is 19.7. The zero-order valence-corrected chi connectivity index (χ0v) is 20.3. The van der Waals surface area contributed by atoms with Gasteiger partial charge in [-0.2, -0.15) is 0 Å². The number of carbonyl (C=O) groups is 3. The summed E-state index contributed by atoms with van der Waals surface area (Å²) in [6.07, 6.45) is -0.268. The number of rotatable bonds is 8. The number of ether oxygens (including phenoxy) is 2. The van der Waals surface area contributed by atoms with E-state index in [0.717, 1.165) is 22.3 Å². The monoisotopic (exact) mass is 480 g/mol. The molecule has 0 aromatic heterocycles. The van der Waals surface area contributed by atoms with Crippen molar-refractivity contribution < 1.29 is 29.0 Å².